The van der Waals surface area contributed by atoms with Crippen molar-refractivity contribution in [2.75, 3.05) is 5.32 Å². The van der Waals surface area contributed by atoms with E-state index in [0.29, 0.717) is 12.1 Å². The molecule has 1 aliphatic heterocycles. The van der Waals surface area contributed by atoms with Crippen molar-refractivity contribution >= 4 is 39.3 Å². The topological polar surface area (TPSA) is 66.5 Å². The second kappa shape index (κ2) is 7.51. The first-order valence-electron chi connectivity index (χ1n) is 10.2. The van der Waals surface area contributed by atoms with Crippen molar-refractivity contribution in [3.63, 3.8) is 0 Å². The highest BCUT2D eigenvalue weighted by Crippen LogP contribution is 2.53. The van der Waals surface area contributed by atoms with Crippen LogP contribution in [0.1, 0.15) is 12.0 Å². The smallest absolute Gasteiger partial charge is 0.248 e. The van der Waals surface area contributed by atoms with Crippen LogP contribution < -0.4 is 5.32 Å². The molecule has 0 aromatic heterocycles. The van der Waals surface area contributed by atoms with Crippen molar-refractivity contribution in [2.45, 2.75) is 18.9 Å². The van der Waals surface area contributed by atoms with Crippen molar-refractivity contribution in [1.82, 2.24) is 4.90 Å². The van der Waals surface area contributed by atoms with Crippen molar-refractivity contribution in [2.24, 2.45) is 23.7 Å². The summed E-state index contributed by atoms with van der Waals surface area (Å²) in [5, 5.41) is 2.89. The molecule has 1 heterocycles. The van der Waals surface area contributed by atoms with Crippen LogP contribution in [-0.2, 0) is 20.8 Å². The number of rotatable bonds is 5. The molecule has 152 valence electrons. The minimum Gasteiger partial charge on any atom is -0.324 e. The number of allylic oxidation sites excluding steroid dienone is 2. The van der Waals surface area contributed by atoms with Gasteiger partial charge in [0.25, 0.3) is 0 Å². The van der Waals surface area contributed by atoms with E-state index in [9.17, 15) is 14.4 Å². The van der Waals surface area contributed by atoms with Gasteiger partial charge in [-0.3, -0.25) is 19.3 Å². The molecule has 1 saturated carbocycles. The maximum atomic E-state index is 13.3. The van der Waals surface area contributed by atoms with Crippen LogP contribution in [-0.4, -0.2) is 28.7 Å². The normalized spacial score (nSPS) is 27.4. The SMILES string of the molecule is O=C(Nc1ccc(Br)cc1)[C@@H](Cc1ccccc1)N1C(=O)[C@@H]2[C@@H](C1=O)[C@H]1C=C[C@H]2C1. The van der Waals surface area contributed by atoms with Gasteiger partial charge in [0.2, 0.25) is 17.7 Å². The molecule has 3 aliphatic rings. The van der Waals surface area contributed by atoms with Crippen LogP contribution in [0.5, 0.6) is 0 Å². The average Bonchev–Trinajstić information content (AvgIpc) is 3.43. The molecule has 2 aliphatic carbocycles. The van der Waals surface area contributed by atoms with Gasteiger partial charge in [0.05, 0.1) is 11.8 Å². The second-order valence-corrected chi connectivity index (χ2v) is 9.16. The third kappa shape index (κ3) is 3.19. The number of halogens is 1. The highest BCUT2D eigenvalue weighted by atomic mass is 79.9. The molecule has 0 radical (unpaired) electrons. The summed E-state index contributed by atoms with van der Waals surface area (Å²) in [6.45, 7) is 0. The number of anilines is 1. The summed E-state index contributed by atoms with van der Waals surface area (Å²) in [4.78, 5) is 41.2. The highest BCUT2D eigenvalue weighted by Gasteiger charge is 2.61. The summed E-state index contributed by atoms with van der Waals surface area (Å²) < 4.78 is 0.905. The lowest BCUT2D eigenvalue weighted by atomic mass is 9.85. The Bertz CT molecular complexity index is 1000. The number of nitrogens with zero attached hydrogens (tertiary/aromatic N) is 1. The Morgan fingerprint density at radius 1 is 0.967 bits per heavy atom. The van der Waals surface area contributed by atoms with Gasteiger partial charge in [0, 0.05) is 16.6 Å². The number of hydrogen-bond acceptors (Lipinski definition) is 3. The first-order chi connectivity index (χ1) is 14.5. The molecule has 2 aromatic rings. The van der Waals surface area contributed by atoms with E-state index in [1.807, 2.05) is 42.5 Å². The van der Waals surface area contributed by atoms with Gasteiger partial charge in [-0.2, -0.15) is 0 Å². The molecule has 2 aromatic carbocycles. The van der Waals surface area contributed by atoms with E-state index in [-0.39, 0.29) is 41.4 Å². The molecule has 0 unspecified atom stereocenters. The Balaban J connectivity index is 1.45. The van der Waals surface area contributed by atoms with E-state index >= 15 is 0 Å². The number of likely N-dealkylation sites (tertiary alicyclic amines) is 1. The molecule has 6 heteroatoms. The van der Waals surface area contributed by atoms with Crippen LogP contribution in [0, 0.1) is 23.7 Å². The Morgan fingerprint density at radius 3 is 2.17 bits per heavy atom. The number of fused-ring (bicyclic) bond motifs is 5. The fourth-order valence-electron chi connectivity index (χ4n) is 5.13. The number of imide groups is 1. The van der Waals surface area contributed by atoms with Crippen molar-refractivity contribution in [3.05, 3.63) is 76.8 Å². The van der Waals surface area contributed by atoms with E-state index in [0.717, 1.165) is 16.5 Å². The molecule has 1 saturated heterocycles. The van der Waals surface area contributed by atoms with Gasteiger partial charge in [-0.1, -0.05) is 58.4 Å². The zero-order valence-electron chi connectivity index (χ0n) is 16.2. The molecular weight excluding hydrogens is 444 g/mol. The minimum absolute atomic E-state index is 0.119. The Hall–Kier alpha value is -2.73. The van der Waals surface area contributed by atoms with Gasteiger partial charge >= 0.3 is 0 Å². The van der Waals surface area contributed by atoms with Gasteiger partial charge in [-0.25, -0.2) is 0 Å². The molecule has 30 heavy (non-hydrogen) atoms. The second-order valence-electron chi connectivity index (χ2n) is 8.25. The van der Waals surface area contributed by atoms with E-state index in [1.165, 1.54) is 4.90 Å². The van der Waals surface area contributed by atoms with Gasteiger partial charge in [0.15, 0.2) is 0 Å². The Kier molecular flexibility index (Phi) is 4.82. The number of hydrogen-bond donors (Lipinski definition) is 1. The van der Waals surface area contributed by atoms with Crippen LogP contribution in [0.3, 0.4) is 0 Å². The maximum absolute atomic E-state index is 13.3. The maximum Gasteiger partial charge on any atom is 0.248 e. The largest absolute Gasteiger partial charge is 0.324 e. The molecule has 1 N–H and O–H groups in total. The fourth-order valence-corrected chi connectivity index (χ4v) is 5.39. The van der Waals surface area contributed by atoms with Gasteiger partial charge in [0.1, 0.15) is 6.04 Å². The van der Waals surface area contributed by atoms with E-state index in [2.05, 4.69) is 33.4 Å². The lowest BCUT2D eigenvalue weighted by Crippen LogP contribution is -2.49. The summed E-state index contributed by atoms with van der Waals surface area (Å²) in [6.07, 6.45) is 5.29. The molecule has 5 rings (SSSR count). The average molecular weight is 465 g/mol. The van der Waals surface area contributed by atoms with Crippen molar-refractivity contribution in [3.8, 4) is 0 Å². The third-order valence-corrected chi connectivity index (χ3v) is 7.03. The number of carbonyl (C=O) groups is 3. The lowest BCUT2D eigenvalue weighted by Gasteiger charge is -2.27. The van der Waals surface area contributed by atoms with Crippen molar-refractivity contribution < 1.29 is 14.4 Å². The summed E-state index contributed by atoms with van der Waals surface area (Å²) in [7, 11) is 0. The zero-order valence-corrected chi connectivity index (χ0v) is 17.8. The quantitative estimate of drug-likeness (QED) is 0.540. The van der Waals surface area contributed by atoms with Gasteiger partial charge in [-0.15, -0.1) is 0 Å². The van der Waals surface area contributed by atoms with Gasteiger partial charge < -0.3 is 5.32 Å². The van der Waals surface area contributed by atoms with Crippen molar-refractivity contribution in [1.29, 1.82) is 0 Å². The predicted octanol–water partition coefficient (Wildman–Crippen LogP) is 3.81. The first-order valence-corrected chi connectivity index (χ1v) is 11.0. The minimum atomic E-state index is -0.874. The van der Waals surface area contributed by atoms with E-state index < -0.39 is 6.04 Å². The highest BCUT2D eigenvalue weighted by molar-refractivity contribution is 9.10. The molecule has 0 spiro atoms. The summed E-state index contributed by atoms with van der Waals surface area (Å²) in [5.74, 6) is -1.13. The fraction of sp³-hybridized carbons (Fsp3) is 0.292. The van der Waals surface area contributed by atoms with E-state index in [4.69, 9.17) is 0 Å². The summed E-state index contributed by atoms with van der Waals surface area (Å²) >= 11 is 3.38. The van der Waals surface area contributed by atoms with Crippen LogP contribution >= 0.6 is 15.9 Å². The predicted molar refractivity (Wildman–Crippen MR) is 116 cm³/mol. The number of benzene rings is 2. The Morgan fingerprint density at radius 2 is 1.57 bits per heavy atom. The molecular formula is C24H21BrN2O3. The lowest BCUT2D eigenvalue weighted by molar-refractivity contribution is -0.147. The number of nitrogens with one attached hydrogen (secondary N) is 1. The molecule has 2 bridgehead atoms. The molecule has 2 fully saturated rings. The number of carbonyl (C=O) groups excluding carboxylic acids is 3. The zero-order chi connectivity index (χ0) is 20.8. The summed E-state index contributed by atoms with van der Waals surface area (Å²) in [6, 6.07) is 15.9. The van der Waals surface area contributed by atoms with Crippen LogP contribution in [0.25, 0.3) is 0 Å². The van der Waals surface area contributed by atoms with Crippen LogP contribution in [0.4, 0.5) is 5.69 Å². The van der Waals surface area contributed by atoms with Crippen LogP contribution in [0.2, 0.25) is 0 Å². The number of amides is 3. The molecule has 5 nitrogen and oxygen atoms in total. The van der Waals surface area contributed by atoms with Crippen LogP contribution in [0.15, 0.2) is 71.2 Å². The monoisotopic (exact) mass is 464 g/mol. The Labute approximate surface area is 183 Å². The first kappa shape index (κ1) is 19.2. The third-order valence-electron chi connectivity index (χ3n) is 6.50. The van der Waals surface area contributed by atoms with E-state index in [1.54, 1.807) is 12.1 Å². The summed E-state index contributed by atoms with van der Waals surface area (Å²) in [5.41, 5.74) is 1.54. The molecule has 5 atom stereocenters. The molecule has 3 amide bonds. The van der Waals surface area contributed by atoms with Gasteiger partial charge in [-0.05, 0) is 48.1 Å². The standard InChI is InChI=1S/C24H21BrN2O3/c25-17-8-10-18(11-9-17)26-22(28)19(12-14-4-2-1-3-5-14)27-23(29)20-15-6-7-16(13-15)21(20)24(27)30/h1-11,15-16,19-21H,12-13H2,(H,26,28)/t15-,16-,19+,20-,21-/m0/s1.